The number of carbonyl (C=O) groups is 1. The molecule has 2 fully saturated rings. The van der Waals surface area contributed by atoms with Crippen molar-refractivity contribution in [2.45, 2.75) is 19.3 Å². The fourth-order valence-corrected chi connectivity index (χ4v) is 3.99. The molecule has 2 heterocycles. The maximum atomic E-state index is 11.8. The minimum atomic E-state index is -3.51. The second-order valence-corrected chi connectivity index (χ2v) is 7.95. The molecule has 2 aliphatic heterocycles. The number of nitrogens with zero attached hydrogens (tertiary/aromatic N) is 1. The number of ether oxygens (including phenoxy) is 1. The zero-order valence-corrected chi connectivity index (χ0v) is 11.8. The summed E-state index contributed by atoms with van der Waals surface area (Å²) in [5.41, 5.74) is 0. The number of hydrogen-bond acceptors (Lipinski definition) is 4. The first-order valence-electron chi connectivity index (χ1n) is 6.22. The maximum absolute atomic E-state index is 11.8. The summed E-state index contributed by atoms with van der Waals surface area (Å²) < 4.78 is 27.3. The standard InChI is InChI=1S/C11H18ClNO4S/c12-18(15,16)8-10-5-11(14)13(7-10)6-9-1-3-17-4-2-9/h9-10H,1-8H2. The highest BCUT2D eigenvalue weighted by atomic mass is 35.7. The van der Waals surface area contributed by atoms with Gasteiger partial charge in [-0.3, -0.25) is 4.79 Å². The lowest BCUT2D eigenvalue weighted by Crippen LogP contribution is -2.33. The van der Waals surface area contributed by atoms with Gasteiger partial charge in [-0.2, -0.15) is 0 Å². The lowest BCUT2D eigenvalue weighted by atomic mass is 10.00. The summed E-state index contributed by atoms with van der Waals surface area (Å²) in [5, 5.41) is 0. The molecule has 1 amide bonds. The van der Waals surface area contributed by atoms with Crippen LogP contribution >= 0.6 is 10.7 Å². The highest BCUT2D eigenvalue weighted by Crippen LogP contribution is 2.24. The first kappa shape index (κ1) is 14.1. The summed E-state index contributed by atoms with van der Waals surface area (Å²) in [5.74, 6) is 0.269. The van der Waals surface area contributed by atoms with Crippen LogP contribution in [0.15, 0.2) is 0 Å². The fraction of sp³-hybridized carbons (Fsp3) is 0.909. The molecule has 2 rings (SSSR count). The Balaban J connectivity index is 1.85. The Morgan fingerprint density at radius 2 is 1.94 bits per heavy atom. The van der Waals surface area contributed by atoms with Crippen LogP contribution in [0.2, 0.25) is 0 Å². The van der Waals surface area contributed by atoms with Crippen LogP contribution in [0.3, 0.4) is 0 Å². The fourth-order valence-electron chi connectivity index (χ4n) is 2.66. The topological polar surface area (TPSA) is 63.7 Å². The largest absolute Gasteiger partial charge is 0.381 e. The third-order valence-corrected chi connectivity index (χ3v) is 4.80. The number of halogens is 1. The van der Waals surface area contributed by atoms with Gasteiger partial charge in [-0.15, -0.1) is 0 Å². The van der Waals surface area contributed by atoms with Gasteiger partial charge in [-0.25, -0.2) is 8.42 Å². The average Bonchev–Trinajstić information content (AvgIpc) is 2.58. The van der Waals surface area contributed by atoms with Gasteiger partial charge in [-0.05, 0) is 18.8 Å². The Kier molecular flexibility index (Phi) is 4.50. The Labute approximate surface area is 112 Å². The van der Waals surface area contributed by atoms with Crippen LogP contribution in [-0.2, 0) is 18.6 Å². The summed E-state index contributed by atoms with van der Waals surface area (Å²) in [6, 6.07) is 0. The van der Waals surface area contributed by atoms with E-state index in [0.717, 1.165) is 32.6 Å². The van der Waals surface area contributed by atoms with Crippen molar-refractivity contribution in [1.29, 1.82) is 0 Å². The van der Waals surface area contributed by atoms with Gasteiger partial charge >= 0.3 is 0 Å². The summed E-state index contributed by atoms with van der Waals surface area (Å²) in [6.45, 7) is 2.75. The molecular weight excluding hydrogens is 278 g/mol. The molecule has 0 aromatic carbocycles. The van der Waals surface area contributed by atoms with Crippen molar-refractivity contribution in [1.82, 2.24) is 4.90 Å². The molecular formula is C11H18ClNO4S. The SMILES string of the molecule is O=C1CC(CS(=O)(=O)Cl)CN1CC1CCOCC1. The Hall–Kier alpha value is -0.330. The quantitative estimate of drug-likeness (QED) is 0.721. The molecule has 0 bridgehead atoms. The lowest BCUT2D eigenvalue weighted by Gasteiger charge is -2.27. The van der Waals surface area contributed by atoms with E-state index in [1.807, 2.05) is 0 Å². The molecule has 1 atom stereocenters. The van der Waals surface area contributed by atoms with Crippen molar-refractivity contribution in [3.63, 3.8) is 0 Å². The van der Waals surface area contributed by atoms with Crippen LogP contribution in [0.5, 0.6) is 0 Å². The van der Waals surface area contributed by atoms with E-state index in [-0.39, 0.29) is 17.6 Å². The molecule has 0 aromatic heterocycles. The van der Waals surface area contributed by atoms with E-state index in [1.54, 1.807) is 4.90 Å². The third kappa shape index (κ3) is 4.10. The highest BCUT2D eigenvalue weighted by molar-refractivity contribution is 8.13. The van der Waals surface area contributed by atoms with Gasteiger partial charge in [0.1, 0.15) is 0 Å². The molecule has 18 heavy (non-hydrogen) atoms. The van der Waals surface area contributed by atoms with Crippen molar-refractivity contribution in [2.24, 2.45) is 11.8 Å². The lowest BCUT2D eigenvalue weighted by molar-refractivity contribution is -0.128. The predicted octanol–water partition coefficient (Wildman–Crippen LogP) is 0.830. The molecule has 2 saturated heterocycles. The third-order valence-electron chi connectivity index (χ3n) is 3.55. The molecule has 0 radical (unpaired) electrons. The van der Waals surface area contributed by atoms with E-state index >= 15 is 0 Å². The normalized spacial score (nSPS) is 26.8. The Morgan fingerprint density at radius 3 is 2.56 bits per heavy atom. The first-order chi connectivity index (χ1) is 8.44. The molecule has 0 spiro atoms. The molecule has 5 nitrogen and oxygen atoms in total. The molecule has 1 unspecified atom stereocenters. The first-order valence-corrected chi connectivity index (χ1v) is 8.70. The van der Waals surface area contributed by atoms with Gasteiger partial charge in [0.2, 0.25) is 15.0 Å². The molecule has 0 saturated carbocycles. The van der Waals surface area contributed by atoms with Crippen molar-refractivity contribution >= 4 is 25.6 Å². The van der Waals surface area contributed by atoms with Gasteiger partial charge < -0.3 is 9.64 Å². The van der Waals surface area contributed by atoms with E-state index in [4.69, 9.17) is 15.4 Å². The Morgan fingerprint density at radius 1 is 1.28 bits per heavy atom. The van der Waals surface area contributed by atoms with Crippen molar-refractivity contribution in [3.8, 4) is 0 Å². The summed E-state index contributed by atoms with van der Waals surface area (Å²) in [6.07, 6.45) is 2.25. The van der Waals surface area contributed by atoms with E-state index in [2.05, 4.69) is 0 Å². The van der Waals surface area contributed by atoms with Crippen molar-refractivity contribution < 1.29 is 17.9 Å². The zero-order chi connectivity index (χ0) is 13.2. The molecule has 0 N–H and O–H groups in total. The predicted molar refractivity (Wildman–Crippen MR) is 67.9 cm³/mol. The second kappa shape index (κ2) is 5.75. The monoisotopic (exact) mass is 295 g/mol. The summed E-state index contributed by atoms with van der Waals surface area (Å²) in [7, 11) is 1.71. The molecule has 0 aromatic rings. The number of rotatable bonds is 4. The molecule has 104 valence electrons. The van der Waals surface area contributed by atoms with Crippen LogP contribution < -0.4 is 0 Å². The van der Waals surface area contributed by atoms with Crippen LogP contribution in [0.25, 0.3) is 0 Å². The smallest absolute Gasteiger partial charge is 0.232 e. The van der Waals surface area contributed by atoms with Gasteiger partial charge in [0.25, 0.3) is 0 Å². The van der Waals surface area contributed by atoms with Crippen LogP contribution in [-0.4, -0.2) is 51.3 Å². The maximum Gasteiger partial charge on any atom is 0.232 e. The molecule has 2 aliphatic rings. The summed E-state index contributed by atoms with van der Waals surface area (Å²) >= 11 is 0. The van der Waals surface area contributed by atoms with Crippen molar-refractivity contribution in [3.05, 3.63) is 0 Å². The van der Waals surface area contributed by atoms with E-state index in [0.29, 0.717) is 18.9 Å². The minimum Gasteiger partial charge on any atom is -0.381 e. The van der Waals surface area contributed by atoms with E-state index < -0.39 is 9.05 Å². The minimum absolute atomic E-state index is 0.0480. The van der Waals surface area contributed by atoms with Crippen LogP contribution in [0, 0.1) is 11.8 Å². The summed E-state index contributed by atoms with van der Waals surface area (Å²) in [4.78, 5) is 13.6. The Bertz CT molecular complexity index is 405. The zero-order valence-electron chi connectivity index (χ0n) is 10.2. The van der Waals surface area contributed by atoms with Gasteiger partial charge in [0.05, 0.1) is 5.75 Å². The molecule has 7 heteroatoms. The molecule has 0 aliphatic carbocycles. The van der Waals surface area contributed by atoms with Gasteiger partial charge in [0.15, 0.2) is 0 Å². The number of likely N-dealkylation sites (tertiary alicyclic amines) is 1. The highest BCUT2D eigenvalue weighted by Gasteiger charge is 2.33. The number of hydrogen-bond donors (Lipinski definition) is 0. The van der Waals surface area contributed by atoms with Crippen LogP contribution in [0.4, 0.5) is 0 Å². The second-order valence-electron chi connectivity index (χ2n) is 5.13. The van der Waals surface area contributed by atoms with E-state index in [1.165, 1.54) is 0 Å². The van der Waals surface area contributed by atoms with E-state index in [9.17, 15) is 13.2 Å². The number of amides is 1. The van der Waals surface area contributed by atoms with Gasteiger partial charge in [0, 0.05) is 49.3 Å². The average molecular weight is 296 g/mol. The number of carbonyl (C=O) groups excluding carboxylic acids is 1. The van der Waals surface area contributed by atoms with Crippen LogP contribution in [0.1, 0.15) is 19.3 Å². The van der Waals surface area contributed by atoms with Crippen molar-refractivity contribution in [2.75, 3.05) is 32.1 Å². The van der Waals surface area contributed by atoms with Gasteiger partial charge in [-0.1, -0.05) is 0 Å².